The minimum Gasteiger partial charge on any atom is -0.505 e. The summed E-state index contributed by atoms with van der Waals surface area (Å²) in [6, 6.07) is 1.55. The van der Waals surface area contributed by atoms with Gasteiger partial charge in [-0.15, -0.1) is 0 Å². The first kappa shape index (κ1) is 17.2. The molecule has 1 aromatic rings. The number of rotatable bonds is 5. The van der Waals surface area contributed by atoms with Gasteiger partial charge in [0, 0.05) is 12.1 Å². The van der Waals surface area contributed by atoms with Crippen LogP contribution in [0.3, 0.4) is 0 Å². The fraction of sp³-hybridized carbons (Fsp3) is 0.533. The Kier molecular flexibility index (Phi) is 5.78. The van der Waals surface area contributed by atoms with Crippen molar-refractivity contribution in [1.82, 2.24) is 10.6 Å². The molecule has 0 aliphatic carbocycles. The topological polar surface area (TPSA) is 70.6 Å². The summed E-state index contributed by atoms with van der Waals surface area (Å²) in [6.45, 7) is 2.96. The van der Waals surface area contributed by atoms with Crippen molar-refractivity contribution in [2.24, 2.45) is 0 Å². The number of carbonyl (C=O) groups excluding carboxylic acids is 1. The average molecular weight is 347 g/mol. The zero-order valence-electron chi connectivity index (χ0n) is 12.6. The summed E-state index contributed by atoms with van der Waals surface area (Å²) < 4.78 is 5.15. The first-order valence-electron chi connectivity index (χ1n) is 7.28. The molecule has 7 heteroatoms. The fourth-order valence-corrected chi connectivity index (χ4v) is 3.32. The first-order chi connectivity index (χ1) is 10.5. The molecule has 0 spiro atoms. The quantitative estimate of drug-likeness (QED) is 0.766. The number of ether oxygens (including phenoxy) is 1. The molecule has 1 fully saturated rings. The minimum atomic E-state index is -0.445. The highest BCUT2D eigenvalue weighted by atomic mass is 35.5. The van der Waals surface area contributed by atoms with Crippen molar-refractivity contribution in [3.63, 3.8) is 0 Å². The van der Waals surface area contributed by atoms with Crippen LogP contribution in [0.15, 0.2) is 6.07 Å². The number of hydrogen-bond acceptors (Lipinski definition) is 4. The Hall–Kier alpha value is -1.17. The number of hydrogen-bond donors (Lipinski definition) is 3. The third kappa shape index (κ3) is 3.42. The maximum Gasteiger partial charge on any atom is 0.259 e. The van der Waals surface area contributed by atoms with Crippen LogP contribution in [-0.4, -0.2) is 36.8 Å². The predicted octanol–water partition coefficient (Wildman–Crippen LogP) is 2.97. The number of aromatic hydroxyl groups is 1. The molecule has 1 unspecified atom stereocenters. The number of phenolic OH excluding ortho intramolecular Hbond substituents is 1. The van der Waals surface area contributed by atoms with Crippen LogP contribution in [0, 0.1) is 0 Å². The standard InChI is InChI=1S/C15H20Cl2N2O3/c1-3-10(11-5-4-6-18-11)19-15(21)12-13(20)8(16)7-9(17)14(12)22-2/h7,10-11,18,20H,3-6H2,1-2H3,(H,19,21)/t10-,11?/m0/s1. The van der Waals surface area contributed by atoms with Gasteiger partial charge < -0.3 is 20.5 Å². The summed E-state index contributed by atoms with van der Waals surface area (Å²) in [4.78, 5) is 12.6. The van der Waals surface area contributed by atoms with Crippen molar-refractivity contribution in [3.8, 4) is 11.5 Å². The maximum atomic E-state index is 12.6. The van der Waals surface area contributed by atoms with E-state index in [1.165, 1.54) is 13.2 Å². The number of benzene rings is 1. The summed E-state index contributed by atoms with van der Waals surface area (Å²) in [5.74, 6) is -0.649. The van der Waals surface area contributed by atoms with Gasteiger partial charge in [-0.2, -0.15) is 0 Å². The van der Waals surface area contributed by atoms with Gasteiger partial charge in [0.25, 0.3) is 5.91 Å². The molecule has 1 saturated heterocycles. The van der Waals surface area contributed by atoms with Gasteiger partial charge in [0.2, 0.25) is 0 Å². The second-order valence-electron chi connectivity index (χ2n) is 5.29. The third-order valence-corrected chi connectivity index (χ3v) is 4.50. The van der Waals surface area contributed by atoms with Crippen LogP contribution < -0.4 is 15.4 Å². The van der Waals surface area contributed by atoms with Crippen LogP contribution in [0.1, 0.15) is 36.5 Å². The number of halogens is 2. The highest BCUT2D eigenvalue weighted by Gasteiger charge is 2.28. The van der Waals surface area contributed by atoms with E-state index in [1.807, 2.05) is 6.92 Å². The SMILES string of the molecule is CC[C@H](NC(=O)c1c(O)c(Cl)cc(Cl)c1OC)C1CCCN1. The summed E-state index contributed by atoms with van der Waals surface area (Å²) in [5, 5.41) is 16.6. The van der Waals surface area contributed by atoms with E-state index in [-0.39, 0.29) is 39.2 Å². The lowest BCUT2D eigenvalue weighted by molar-refractivity contribution is 0.0921. The Morgan fingerprint density at radius 1 is 1.55 bits per heavy atom. The van der Waals surface area contributed by atoms with E-state index in [9.17, 15) is 9.90 Å². The predicted molar refractivity (Wildman–Crippen MR) is 87.2 cm³/mol. The Labute approximate surface area is 139 Å². The summed E-state index contributed by atoms with van der Waals surface area (Å²) in [5.41, 5.74) is -0.0311. The minimum absolute atomic E-state index is 0.0167. The number of phenols is 1. The van der Waals surface area contributed by atoms with Crippen LogP contribution in [0.4, 0.5) is 0 Å². The van der Waals surface area contributed by atoms with E-state index < -0.39 is 5.91 Å². The van der Waals surface area contributed by atoms with Crippen molar-refractivity contribution in [2.45, 2.75) is 38.3 Å². The molecule has 1 heterocycles. The summed E-state index contributed by atoms with van der Waals surface area (Å²) in [7, 11) is 1.39. The Morgan fingerprint density at radius 3 is 2.82 bits per heavy atom. The molecule has 2 atom stereocenters. The molecule has 1 aliphatic heterocycles. The average Bonchev–Trinajstić information content (AvgIpc) is 3.01. The molecule has 0 bridgehead atoms. The van der Waals surface area contributed by atoms with Gasteiger partial charge in [0.1, 0.15) is 5.56 Å². The second kappa shape index (κ2) is 7.40. The zero-order chi connectivity index (χ0) is 16.3. The van der Waals surface area contributed by atoms with Gasteiger partial charge in [0.15, 0.2) is 11.5 Å². The Morgan fingerprint density at radius 2 is 2.27 bits per heavy atom. The van der Waals surface area contributed by atoms with Crippen molar-refractivity contribution in [3.05, 3.63) is 21.7 Å². The van der Waals surface area contributed by atoms with Gasteiger partial charge in [-0.1, -0.05) is 30.1 Å². The molecule has 1 aromatic carbocycles. The lowest BCUT2D eigenvalue weighted by Crippen LogP contribution is -2.47. The van der Waals surface area contributed by atoms with Crippen LogP contribution in [-0.2, 0) is 0 Å². The Bertz CT molecular complexity index is 560. The summed E-state index contributed by atoms with van der Waals surface area (Å²) in [6.07, 6.45) is 2.88. The third-order valence-electron chi connectivity index (χ3n) is 3.93. The lowest BCUT2D eigenvalue weighted by Gasteiger charge is -2.24. The molecule has 122 valence electrons. The van der Waals surface area contributed by atoms with Crippen molar-refractivity contribution >= 4 is 29.1 Å². The Balaban J connectivity index is 2.28. The molecular formula is C15H20Cl2N2O3. The van der Waals surface area contributed by atoms with Crippen molar-refractivity contribution < 1.29 is 14.6 Å². The van der Waals surface area contributed by atoms with Crippen LogP contribution >= 0.6 is 23.2 Å². The fourth-order valence-electron chi connectivity index (χ4n) is 2.78. The second-order valence-corrected chi connectivity index (χ2v) is 6.10. The molecule has 2 rings (SSSR count). The molecule has 1 aliphatic rings. The number of methoxy groups -OCH3 is 1. The molecule has 0 radical (unpaired) electrons. The number of amides is 1. The lowest BCUT2D eigenvalue weighted by atomic mass is 10.0. The van der Waals surface area contributed by atoms with Crippen LogP contribution in [0.2, 0.25) is 10.0 Å². The highest BCUT2D eigenvalue weighted by molar-refractivity contribution is 6.37. The van der Waals surface area contributed by atoms with Gasteiger partial charge >= 0.3 is 0 Å². The smallest absolute Gasteiger partial charge is 0.259 e. The number of nitrogens with one attached hydrogen (secondary N) is 2. The first-order valence-corrected chi connectivity index (χ1v) is 8.04. The van der Waals surface area contributed by atoms with Crippen molar-refractivity contribution in [2.75, 3.05) is 13.7 Å². The van der Waals surface area contributed by atoms with Gasteiger partial charge in [-0.05, 0) is 31.9 Å². The van der Waals surface area contributed by atoms with Crippen LogP contribution in [0.5, 0.6) is 11.5 Å². The largest absolute Gasteiger partial charge is 0.505 e. The molecule has 0 saturated carbocycles. The van der Waals surface area contributed by atoms with E-state index in [1.54, 1.807) is 0 Å². The van der Waals surface area contributed by atoms with E-state index >= 15 is 0 Å². The summed E-state index contributed by atoms with van der Waals surface area (Å²) >= 11 is 11.9. The van der Waals surface area contributed by atoms with E-state index in [2.05, 4.69) is 10.6 Å². The van der Waals surface area contributed by atoms with Gasteiger partial charge in [-0.3, -0.25) is 4.79 Å². The highest BCUT2D eigenvalue weighted by Crippen LogP contribution is 2.40. The molecule has 5 nitrogen and oxygen atoms in total. The van der Waals surface area contributed by atoms with Gasteiger partial charge in [-0.25, -0.2) is 0 Å². The van der Waals surface area contributed by atoms with E-state index in [4.69, 9.17) is 27.9 Å². The number of carbonyl (C=O) groups is 1. The zero-order valence-corrected chi connectivity index (χ0v) is 14.1. The molecular weight excluding hydrogens is 327 g/mol. The normalized spacial score (nSPS) is 19.0. The van der Waals surface area contributed by atoms with Crippen molar-refractivity contribution in [1.29, 1.82) is 0 Å². The maximum absolute atomic E-state index is 12.6. The molecule has 3 N–H and O–H groups in total. The molecule has 0 aromatic heterocycles. The van der Waals surface area contributed by atoms with E-state index in [0.717, 1.165) is 25.8 Å². The van der Waals surface area contributed by atoms with Gasteiger partial charge in [0.05, 0.1) is 17.2 Å². The molecule has 22 heavy (non-hydrogen) atoms. The molecule has 1 amide bonds. The van der Waals surface area contributed by atoms with Crippen LogP contribution in [0.25, 0.3) is 0 Å². The monoisotopic (exact) mass is 346 g/mol. The van der Waals surface area contributed by atoms with E-state index in [0.29, 0.717) is 0 Å².